The summed E-state index contributed by atoms with van der Waals surface area (Å²) in [7, 11) is -0.919. The Hall–Kier alpha value is -4.05. The van der Waals surface area contributed by atoms with Crippen LogP contribution in [0.15, 0.2) is 77.7 Å². The Morgan fingerprint density at radius 1 is 0.882 bits per heavy atom. The maximum absolute atomic E-state index is 12.6. The van der Waals surface area contributed by atoms with Crippen LogP contribution in [0.3, 0.4) is 0 Å². The molecule has 0 spiro atoms. The zero-order valence-electron chi connectivity index (χ0n) is 18.9. The van der Waals surface area contributed by atoms with E-state index in [2.05, 4.69) is 14.8 Å². The summed E-state index contributed by atoms with van der Waals surface area (Å²) in [5.41, 5.74) is 1.81. The fourth-order valence-corrected chi connectivity index (χ4v) is 4.06. The van der Waals surface area contributed by atoms with Crippen molar-refractivity contribution in [1.82, 2.24) is 0 Å². The SMILES string of the molecule is CCOc1ccc(S(=O)(=O)Nc2ccc(C(=O)Nc3ccc(N(C)C(=O)OC)cc3)cc2)cc1. The van der Waals surface area contributed by atoms with Crippen molar-refractivity contribution in [3.05, 3.63) is 78.4 Å². The van der Waals surface area contributed by atoms with Gasteiger partial charge in [0.25, 0.3) is 15.9 Å². The standard InChI is InChI=1S/C24H25N3O6S/c1-4-33-21-13-15-22(16-14-21)34(30,31)26-19-7-5-17(6-8-19)23(28)25-18-9-11-20(12-10-18)27(2)24(29)32-3/h5-16,26H,4H2,1-3H3,(H,25,28). The Balaban J connectivity index is 1.63. The van der Waals surface area contributed by atoms with Crippen molar-refractivity contribution in [3.63, 3.8) is 0 Å². The van der Waals surface area contributed by atoms with Crippen LogP contribution in [0.25, 0.3) is 0 Å². The second kappa shape index (κ2) is 10.7. The van der Waals surface area contributed by atoms with Gasteiger partial charge in [-0.1, -0.05) is 0 Å². The molecule has 34 heavy (non-hydrogen) atoms. The Labute approximate surface area is 198 Å². The molecule has 0 aliphatic heterocycles. The first kappa shape index (κ1) is 24.6. The van der Waals surface area contributed by atoms with Crippen LogP contribution in [-0.4, -0.2) is 41.2 Å². The average Bonchev–Trinajstić information content (AvgIpc) is 2.84. The quantitative estimate of drug-likeness (QED) is 0.493. The van der Waals surface area contributed by atoms with Gasteiger partial charge in [0.1, 0.15) is 5.75 Å². The van der Waals surface area contributed by atoms with Gasteiger partial charge in [0, 0.05) is 29.7 Å². The Bertz CT molecular complexity index is 1240. The molecule has 0 saturated carbocycles. The first-order valence-electron chi connectivity index (χ1n) is 10.3. The van der Waals surface area contributed by atoms with Crippen LogP contribution >= 0.6 is 0 Å². The highest BCUT2D eigenvalue weighted by Crippen LogP contribution is 2.21. The molecule has 0 fully saturated rings. The summed E-state index contributed by atoms with van der Waals surface area (Å²) >= 11 is 0. The smallest absolute Gasteiger partial charge is 0.413 e. The first-order valence-corrected chi connectivity index (χ1v) is 11.8. The van der Waals surface area contributed by atoms with E-state index in [-0.39, 0.29) is 10.8 Å². The highest BCUT2D eigenvalue weighted by molar-refractivity contribution is 7.92. The van der Waals surface area contributed by atoms with Crippen molar-refractivity contribution in [2.75, 3.05) is 35.7 Å². The van der Waals surface area contributed by atoms with Crippen LogP contribution < -0.4 is 19.7 Å². The van der Waals surface area contributed by atoms with E-state index >= 15 is 0 Å². The molecule has 2 N–H and O–H groups in total. The molecule has 0 aromatic heterocycles. The van der Waals surface area contributed by atoms with Gasteiger partial charge in [0.2, 0.25) is 0 Å². The molecule has 3 rings (SSSR count). The third-order valence-electron chi connectivity index (χ3n) is 4.81. The number of nitrogens with one attached hydrogen (secondary N) is 2. The van der Waals surface area contributed by atoms with Crippen molar-refractivity contribution < 1.29 is 27.5 Å². The van der Waals surface area contributed by atoms with Crippen molar-refractivity contribution in [3.8, 4) is 5.75 Å². The molecule has 9 nitrogen and oxygen atoms in total. The number of carbonyl (C=O) groups excluding carboxylic acids is 2. The second-order valence-corrected chi connectivity index (χ2v) is 8.80. The maximum Gasteiger partial charge on any atom is 0.413 e. The number of benzene rings is 3. The third kappa shape index (κ3) is 6.04. The van der Waals surface area contributed by atoms with Crippen molar-refractivity contribution in [1.29, 1.82) is 0 Å². The van der Waals surface area contributed by atoms with Gasteiger partial charge in [0.05, 0.1) is 18.6 Å². The fourth-order valence-electron chi connectivity index (χ4n) is 3.00. The molecule has 0 saturated heterocycles. The predicted octanol–water partition coefficient (Wildman–Crippen LogP) is 4.34. The number of sulfonamides is 1. The fraction of sp³-hybridized carbons (Fsp3) is 0.167. The number of rotatable bonds is 8. The van der Waals surface area contributed by atoms with Crippen molar-refractivity contribution in [2.24, 2.45) is 0 Å². The molecule has 3 aromatic rings. The minimum Gasteiger partial charge on any atom is -0.494 e. The van der Waals surface area contributed by atoms with Crippen molar-refractivity contribution >= 4 is 39.1 Å². The third-order valence-corrected chi connectivity index (χ3v) is 6.20. The molecule has 10 heteroatoms. The number of nitrogens with zero attached hydrogens (tertiary/aromatic N) is 1. The van der Waals surface area contributed by atoms with Crippen LogP contribution in [0, 0.1) is 0 Å². The van der Waals surface area contributed by atoms with E-state index in [9.17, 15) is 18.0 Å². The highest BCUT2D eigenvalue weighted by Gasteiger charge is 2.15. The largest absolute Gasteiger partial charge is 0.494 e. The number of hydrogen-bond donors (Lipinski definition) is 2. The molecule has 0 aliphatic rings. The molecule has 0 atom stereocenters. The van der Waals surface area contributed by atoms with Gasteiger partial charge in [-0.3, -0.25) is 14.4 Å². The van der Waals surface area contributed by atoms with E-state index in [0.717, 1.165) is 0 Å². The summed E-state index contributed by atoms with van der Waals surface area (Å²) in [6.07, 6.45) is -0.505. The van der Waals surface area contributed by atoms with Gasteiger partial charge >= 0.3 is 6.09 Å². The zero-order chi connectivity index (χ0) is 24.7. The van der Waals surface area contributed by atoms with Gasteiger partial charge in [-0.15, -0.1) is 0 Å². The lowest BCUT2D eigenvalue weighted by molar-refractivity contribution is 0.102. The van der Waals surface area contributed by atoms with E-state index in [1.54, 1.807) is 43.4 Å². The Morgan fingerprint density at radius 3 is 2.03 bits per heavy atom. The monoisotopic (exact) mass is 483 g/mol. The molecular weight excluding hydrogens is 458 g/mol. The molecule has 2 amide bonds. The normalized spacial score (nSPS) is 10.8. The number of amides is 2. The van der Waals surface area contributed by atoms with Crippen LogP contribution in [0.4, 0.5) is 21.9 Å². The number of anilines is 3. The molecular formula is C24H25N3O6S. The lowest BCUT2D eigenvalue weighted by Crippen LogP contribution is -2.25. The maximum atomic E-state index is 12.6. The molecule has 3 aromatic carbocycles. The predicted molar refractivity (Wildman–Crippen MR) is 130 cm³/mol. The topological polar surface area (TPSA) is 114 Å². The molecule has 178 valence electrons. The van der Waals surface area contributed by atoms with E-state index in [1.165, 1.54) is 48.4 Å². The van der Waals surface area contributed by atoms with Gasteiger partial charge in [-0.25, -0.2) is 13.2 Å². The Kier molecular flexibility index (Phi) is 7.75. The summed E-state index contributed by atoms with van der Waals surface area (Å²) < 4.78 is 37.7. The molecule has 0 heterocycles. The molecule has 0 radical (unpaired) electrons. The van der Waals surface area contributed by atoms with Crippen LogP contribution in [-0.2, 0) is 14.8 Å². The van der Waals surface area contributed by atoms with E-state index in [1.807, 2.05) is 6.92 Å². The summed E-state index contributed by atoms with van der Waals surface area (Å²) in [5.74, 6) is 0.219. The van der Waals surface area contributed by atoms with E-state index in [4.69, 9.17) is 4.74 Å². The number of carbonyl (C=O) groups is 2. The van der Waals surface area contributed by atoms with Gasteiger partial charge < -0.3 is 14.8 Å². The second-order valence-electron chi connectivity index (χ2n) is 7.12. The van der Waals surface area contributed by atoms with Gasteiger partial charge in [-0.05, 0) is 79.7 Å². The minimum atomic E-state index is -3.79. The number of ether oxygens (including phenoxy) is 2. The average molecular weight is 484 g/mol. The zero-order valence-corrected chi connectivity index (χ0v) is 19.8. The van der Waals surface area contributed by atoms with E-state index < -0.39 is 16.1 Å². The number of methoxy groups -OCH3 is 1. The highest BCUT2D eigenvalue weighted by atomic mass is 32.2. The van der Waals surface area contributed by atoms with Crippen LogP contribution in [0.2, 0.25) is 0 Å². The lowest BCUT2D eigenvalue weighted by Gasteiger charge is -2.16. The Morgan fingerprint density at radius 2 is 1.47 bits per heavy atom. The molecule has 0 bridgehead atoms. The van der Waals surface area contributed by atoms with Crippen LogP contribution in [0.1, 0.15) is 17.3 Å². The number of hydrogen-bond acceptors (Lipinski definition) is 6. The lowest BCUT2D eigenvalue weighted by atomic mass is 10.2. The van der Waals surface area contributed by atoms with Gasteiger partial charge in [-0.2, -0.15) is 0 Å². The molecule has 0 aliphatic carbocycles. The van der Waals surface area contributed by atoms with Crippen LogP contribution in [0.5, 0.6) is 5.75 Å². The summed E-state index contributed by atoms with van der Waals surface area (Å²) in [5, 5.41) is 2.75. The summed E-state index contributed by atoms with van der Waals surface area (Å²) in [6, 6.07) is 18.8. The van der Waals surface area contributed by atoms with Gasteiger partial charge in [0.15, 0.2) is 0 Å². The van der Waals surface area contributed by atoms with Crippen molar-refractivity contribution in [2.45, 2.75) is 11.8 Å². The first-order chi connectivity index (χ1) is 16.2. The minimum absolute atomic E-state index is 0.0964. The van der Waals surface area contributed by atoms with E-state index in [0.29, 0.717) is 35.0 Å². The molecule has 0 unspecified atom stereocenters. The summed E-state index contributed by atoms with van der Waals surface area (Å²) in [6.45, 7) is 2.33. The summed E-state index contributed by atoms with van der Waals surface area (Å²) in [4.78, 5) is 25.6.